The molecule has 4 heteroatoms. The molecule has 0 radical (unpaired) electrons. The van der Waals surface area contributed by atoms with E-state index in [1.165, 1.54) is 32.8 Å². The van der Waals surface area contributed by atoms with Gasteiger partial charge in [-0.2, -0.15) is 0 Å². The summed E-state index contributed by atoms with van der Waals surface area (Å²) in [6.45, 7) is 2.14. The number of unbranched alkanes of at least 4 members (excludes halogenated alkanes) is 9. The first-order valence-corrected chi connectivity index (χ1v) is 9.54. The SMILES string of the molecule is CCCCCC(O)C(O)CCCCCCCCCCC(=O)OC. The number of aliphatic hydroxyl groups excluding tert-OH is 2. The minimum atomic E-state index is -0.551. The summed E-state index contributed by atoms with van der Waals surface area (Å²) in [6.07, 6.45) is 13.1. The van der Waals surface area contributed by atoms with Gasteiger partial charge in [0, 0.05) is 6.42 Å². The summed E-state index contributed by atoms with van der Waals surface area (Å²) in [6, 6.07) is 0. The van der Waals surface area contributed by atoms with Crippen LogP contribution in [0.25, 0.3) is 0 Å². The zero-order valence-corrected chi connectivity index (χ0v) is 15.3. The monoisotopic (exact) mass is 330 g/mol. The lowest BCUT2D eigenvalue weighted by molar-refractivity contribution is -0.140. The largest absolute Gasteiger partial charge is 0.469 e. The Morgan fingerprint density at radius 3 is 1.70 bits per heavy atom. The van der Waals surface area contributed by atoms with Gasteiger partial charge in [0.15, 0.2) is 0 Å². The smallest absolute Gasteiger partial charge is 0.305 e. The molecule has 0 heterocycles. The molecule has 0 bridgehead atoms. The molecule has 23 heavy (non-hydrogen) atoms. The van der Waals surface area contributed by atoms with E-state index in [0.717, 1.165) is 51.4 Å². The lowest BCUT2D eigenvalue weighted by Crippen LogP contribution is -2.25. The Morgan fingerprint density at radius 2 is 1.22 bits per heavy atom. The van der Waals surface area contributed by atoms with Gasteiger partial charge in [-0.05, 0) is 19.3 Å². The first-order valence-electron chi connectivity index (χ1n) is 9.54. The van der Waals surface area contributed by atoms with Crippen LogP contribution in [-0.4, -0.2) is 35.5 Å². The number of esters is 1. The quantitative estimate of drug-likeness (QED) is 0.326. The normalized spacial score (nSPS) is 13.7. The van der Waals surface area contributed by atoms with Crippen LogP contribution in [0.15, 0.2) is 0 Å². The molecule has 0 aromatic rings. The van der Waals surface area contributed by atoms with Gasteiger partial charge < -0.3 is 14.9 Å². The third kappa shape index (κ3) is 14.7. The zero-order valence-electron chi connectivity index (χ0n) is 15.3. The molecule has 4 nitrogen and oxygen atoms in total. The van der Waals surface area contributed by atoms with Gasteiger partial charge in [-0.1, -0.05) is 71.1 Å². The average molecular weight is 331 g/mol. The summed E-state index contributed by atoms with van der Waals surface area (Å²) in [4.78, 5) is 10.9. The standard InChI is InChI=1S/C19H38O4/c1-3-4-11-14-17(20)18(21)15-12-9-7-5-6-8-10-13-16-19(22)23-2/h17-18,20-21H,3-16H2,1-2H3. The van der Waals surface area contributed by atoms with E-state index in [1.807, 2.05) is 0 Å². The molecule has 0 fully saturated rings. The van der Waals surface area contributed by atoms with Crippen LogP contribution in [0.3, 0.4) is 0 Å². The topological polar surface area (TPSA) is 66.8 Å². The number of hydrogen-bond donors (Lipinski definition) is 2. The van der Waals surface area contributed by atoms with Crippen LogP contribution in [0.4, 0.5) is 0 Å². The van der Waals surface area contributed by atoms with Gasteiger partial charge in [-0.25, -0.2) is 0 Å². The van der Waals surface area contributed by atoms with Gasteiger partial charge >= 0.3 is 5.97 Å². The molecule has 0 aliphatic rings. The fraction of sp³-hybridized carbons (Fsp3) is 0.947. The molecule has 2 unspecified atom stereocenters. The number of carbonyl (C=O) groups excluding carboxylic acids is 1. The second-order valence-corrected chi connectivity index (χ2v) is 6.57. The van der Waals surface area contributed by atoms with Crippen molar-refractivity contribution in [2.45, 2.75) is 109 Å². The van der Waals surface area contributed by atoms with Crippen molar-refractivity contribution in [2.75, 3.05) is 7.11 Å². The minimum absolute atomic E-state index is 0.111. The van der Waals surface area contributed by atoms with Gasteiger partial charge in [0.05, 0.1) is 19.3 Å². The van der Waals surface area contributed by atoms with E-state index in [9.17, 15) is 15.0 Å². The molecule has 0 rings (SSSR count). The molecule has 0 aliphatic carbocycles. The fourth-order valence-electron chi connectivity index (χ4n) is 2.77. The van der Waals surface area contributed by atoms with E-state index in [4.69, 9.17) is 0 Å². The third-order valence-corrected chi connectivity index (χ3v) is 4.41. The summed E-state index contributed by atoms with van der Waals surface area (Å²) in [5.41, 5.74) is 0. The van der Waals surface area contributed by atoms with Crippen molar-refractivity contribution in [1.82, 2.24) is 0 Å². The van der Waals surface area contributed by atoms with Crippen molar-refractivity contribution < 1.29 is 19.7 Å². The summed E-state index contributed by atoms with van der Waals surface area (Å²) in [5.74, 6) is -0.111. The van der Waals surface area contributed by atoms with Crippen LogP contribution >= 0.6 is 0 Å². The summed E-state index contributed by atoms with van der Waals surface area (Å²) < 4.78 is 4.61. The van der Waals surface area contributed by atoms with Gasteiger partial charge in [0.25, 0.3) is 0 Å². The molecule has 0 aliphatic heterocycles. The van der Waals surface area contributed by atoms with Gasteiger partial charge in [-0.15, -0.1) is 0 Å². The van der Waals surface area contributed by atoms with Crippen LogP contribution < -0.4 is 0 Å². The Hall–Kier alpha value is -0.610. The highest BCUT2D eigenvalue weighted by atomic mass is 16.5. The molecule has 2 N–H and O–H groups in total. The van der Waals surface area contributed by atoms with Crippen LogP contribution in [0.1, 0.15) is 96.8 Å². The maximum atomic E-state index is 10.9. The van der Waals surface area contributed by atoms with Crippen LogP contribution in [0.5, 0.6) is 0 Å². The average Bonchev–Trinajstić information content (AvgIpc) is 2.56. The first kappa shape index (κ1) is 22.4. The molecule has 0 aromatic heterocycles. The summed E-state index contributed by atoms with van der Waals surface area (Å²) in [5, 5.41) is 19.7. The lowest BCUT2D eigenvalue weighted by Gasteiger charge is -2.17. The number of ether oxygens (including phenoxy) is 1. The van der Waals surface area contributed by atoms with E-state index in [0.29, 0.717) is 12.8 Å². The van der Waals surface area contributed by atoms with Crippen LogP contribution in [0.2, 0.25) is 0 Å². The Bertz CT molecular complexity index is 268. The highest BCUT2D eigenvalue weighted by molar-refractivity contribution is 5.68. The summed E-state index contributed by atoms with van der Waals surface area (Å²) in [7, 11) is 1.43. The number of methoxy groups -OCH3 is 1. The number of hydrogen-bond acceptors (Lipinski definition) is 4. The minimum Gasteiger partial charge on any atom is -0.469 e. The molecule has 2 atom stereocenters. The molecule has 0 spiro atoms. The Balaban J connectivity index is 3.30. The third-order valence-electron chi connectivity index (χ3n) is 4.41. The van der Waals surface area contributed by atoms with E-state index >= 15 is 0 Å². The van der Waals surface area contributed by atoms with Crippen molar-refractivity contribution in [3.05, 3.63) is 0 Å². The number of carbonyl (C=O) groups is 1. The van der Waals surface area contributed by atoms with Gasteiger partial charge in [0.2, 0.25) is 0 Å². The van der Waals surface area contributed by atoms with Crippen LogP contribution in [-0.2, 0) is 9.53 Å². The first-order chi connectivity index (χ1) is 11.1. The molecular formula is C19H38O4. The van der Waals surface area contributed by atoms with Crippen molar-refractivity contribution in [3.8, 4) is 0 Å². The van der Waals surface area contributed by atoms with Crippen molar-refractivity contribution in [2.24, 2.45) is 0 Å². The summed E-state index contributed by atoms with van der Waals surface area (Å²) >= 11 is 0. The highest BCUT2D eigenvalue weighted by Crippen LogP contribution is 2.14. The van der Waals surface area contributed by atoms with E-state index in [1.54, 1.807) is 0 Å². The predicted molar refractivity (Wildman–Crippen MR) is 94.3 cm³/mol. The predicted octanol–water partition coefficient (Wildman–Crippen LogP) is 4.36. The molecule has 0 saturated carbocycles. The molecule has 0 amide bonds. The maximum absolute atomic E-state index is 10.9. The zero-order chi connectivity index (χ0) is 17.3. The lowest BCUT2D eigenvalue weighted by atomic mass is 10.00. The molecule has 138 valence electrons. The Morgan fingerprint density at radius 1 is 0.783 bits per heavy atom. The van der Waals surface area contributed by atoms with Gasteiger partial charge in [-0.3, -0.25) is 4.79 Å². The molecular weight excluding hydrogens is 292 g/mol. The highest BCUT2D eigenvalue weighted by Gasteiger charge is 2.14. The maximum Gasteiger partial charge on any atom is 0.305 e. The Kier molecular flexibility index (Phi) is 15.8. The van der Waals surface area contributed by atoms with E-state index in [2.05, 4.69) is 11.7 Å². The van der Waals surface area contributed by atoms with Gasteiger partial charge in [0.1, 0.15) is 0 Å². The fourth-order valence-corrected chi connectivity index (χ4v) is 2.77. The second-order valence-electron chi connectivity index (χ2n) is 6.57. The second kappa shape index (κ2) is 16.3. The van der Waals surface area contributed by atoms with Crippen molar-refractivity contribution in [3.63, 3.8) is 0 Å². The van der Waals surface area contributed by atoms with Crippen LogP contribution in [0, 0.1) is 0 Å². The van der Waals surface area contributed by atoms with Crippen molar-refractivity contribution >= 4 is 5.97 Å². The Labute approximate surface area is 142 Å². The molecule has 0 saturated heterocycles. The number of aliphatic hydroxyl groups is 2. The molecule has 0 aromatic carbocycles. The number of rotatable bonds is 16. The van der Waals surface area contributed by atoms with E-state index < -0.39 is 12.2 Å². The van der Waals surface area contributed by atoms with Crippen molar-refractivity contribution in [1.29, 1.82) is 0 Å². The van der Waals surface area contributed by atoms with E-state index in [-0.39, 0.29) is 5.97 Å².